The molecule has 0 bridgehead atoms. The fourth-order valence-corrected chi connectivity index (χ4v) is 4.90. The second-order valence-corrected chi connectivity index (χ2v) is 9.04. The van der Waals surface area contributed by atoms with Crippen LogP contribution in [0.15, 0.2) is 41.4 Å². The molecule has 2 aromatic rings. The Morgan fingerprint density at radius 2 is 1.81 bits per heavy atom. The molecule has 9 nitrogen and oxygen atoms in total. The highest BCUT2D eigenvalue weighted by Crippen LogP contribution is 2.39. The largest absolute Gasteiger partial charge is 0.493 e. The molecule has 3 atom stereocenters. The van der Waals surface area contributed by atoms with Crippen molar-refractivity contribution in [2.75, 3.05) is 14.2 Å². The van der Waals surface area contributed by atoms with Crippen LogP contribution in [-0.4, -0.2) is 46.5 Å². The van der Waals surface area contributed by atoms with Crippen LogP contribution in [0.2, 0.25) is 0 Å². The number of nitrogens with one attached hydrogen (secondary N) is 1. The zero-order valence-electron chi connectivity index (χ0n) is 18.2. The van der Waals surface area contributed by atoms with Gasteiger partial charge in [0.15, 0.2) is 16.7 Å². The molecular weight excluding hydrogens is 432 g/mol. The Morgan fingerprint density at radius 3 is 2.38 bits per heavy atom. The van der Waals surface area contributed by atoms with Crippen molar-refractivity contribution in [1.82, 2.24) is 10.4 Å². The molecule has 1 N–H and O–H groups in total. The number of hydrogen-bond acceptors (Lipinski definition) is 8. The van der Waals surface area contributed by atoms with Crippen molar-refractivity contribution in [1.29, 1.82) is 0 Å². The van der Waals surface area contributed by atoms with E-state index in [1.807, 2.05) is 24.1 Å². The van der Waals surface area contributed by atoms with Crippen molar-refractivity contribution in [2.24, 2.45) is 4.99 Å². The van der Waals surface area contributed by atoms with E-state index in [0.29, 0.717) is 23.1 Å². The maximum absolute atomic E-state index is 12.1. The molecular formula is C22H24N4O5S. The molecule has 2 aliphatic heterocycles. The summed E-state index contributed by atoms with van der Waals surface area (Å²) in [6.07, 6.45) is 0.675. The average Bonchev–Trinajstić information content (AvgIpc) is 3.04. The molecule has 32 heavy (non-hydrogen) atoms. The first-order valence-corrected chi connectivity index (χ1v) is 11.0. The summed E-state index contributed by atoms with van der Waals surface area (Å²) in [5.41, 5.74) is 6.40. The third kappa shape index (κ3) is 4.03. The summed E-state index contributed by atoms with van der Waals surface area (Å²) in [6.45, 7) is 3.90. The lowest BCUT2D eigenvalue weighted by Gasteiger charge is -2.32. The minimum absolute atomic E-state index is 0.0146. The molecule has 0 radical (unpaired) electrons. The third-order valence-corrected chi connectivity index (χ3v) is 6.71. The lowest BCUT2D eigenvalue weighted by molar-refractivity contribution is -0.384. The molecule has 4 rings (SSSR count). The summed E-state index contributed by atoms with van der Waals surface area (Å²) < 4.78 is 11.0. The van der Waals surface area contributed by atoms with E-state index in [9.17, 15) is 14.9 Å². The van der Waals surface area contributed by atoms with Crippen molar-refractivity contribution in [3.63, 3.8) is 0 Å². The minimum atomic E-state index is -0.419. The number of ether oxygens (including phenoxy) is 2. The van der Waals surface area contributed by atoms with Gasteiger partial charge in [0.2, 0.25) is 0 Å². The van der Waals surface area contributed by atoms with E-state index in [2.05, 4.69) is 17.3 Å². The number of hydrazine groups is 1. The number of amidine groups is 1. The van der Waals surface area contributed by atoms with Crippen LogP contribution in [0.3, 0.4) is 0 Å². The summed E-state index contributed by atoms with van der Waals surface area (Å²) in [5, 5.41) is 13.4. The van der Waals surface area contributed by atoms with Crippen LogP contribution in [0.25, 0.3) is 0 Å². The molecule has 2 aromatic carbocycles. The number of hydrogen-bond donors (Lipinski definition) is 1. The number of nitrogens with zero attached hydrogens (tertiary/aromatic N) is 3. The van der Waals surface area contributed by atoms with Crippen molar-refractivity contribution in [3.05, 3.63) is 63.2 Å². The highest BCUT2D eigenvalue weighted by molar-refractivity contribution is 8.15. The van der Waals surface area contributed by atoms with Gasteiger partial charge < -0.3 is 9.47 Å². The van der Waals surface area contributed by atoms with Gasteiger partial charge in [-0.15, -0.1) is 0 Å². The Kier molecular flexibility index (Phi) is 6.07. The summed E-state index contributed by atoms with van der Waals surface area (Å²) >= 11 is 1.42. The summed E-state index contributed by atoms with van der Waals surface area (Å²) in [6, 6.07) is 9.99. The number of fused-ring (bicyclic) bond motifs is 1. The Morgan fingerprint density at radius 1 is 1.16 bits per heavy atom. The SMILES string of the molecule is COc1cc2c(cc1OC)[C@@H](c1ccc([N+](=O)[O-])cc1)NN(C1=NC(=O)C(C)S1)[C@@H](C)C2. The molecule has 1 unspecified atom stereocenters. The van der Waals surface area contributed by atoms with E-state index in [-0.39, 0.29) is 28.9 Å². The number of carbonyl (C=O) groups excluding carboxylic acids is 1. The zero-order valence-corrected chi connectivity index (χ0v) is 19.0. The van der Waals surface area contributed by atoms with Gasteiger partial charge in [-0.25, -0.2) is 5.43 Å². The van der Waals surface area contributed by atoms with Gasteiger partial charge in [0.05, 0.1) is 30.4 Å². The van der Waals surface area contributed by atoms with Crippen LogP contribution in [0.5, 0.6) is 11.5 Å². The maximum Gasteiger partial charge on any atom is 0.269 e. The molecule has 0 saturated carbocycles. The number of non-ortho nitro benzene ring substituents is 1. The molecule has 168 valence electrons. The highest BCUT2D eigenvalue weighted by Gasteiger charge is 2.35. The molecule has 2 aliphatic rings. The number of nitro benzene ring substituents is 1. The van der Waals surface area contributed by atoms with Crippen molar-refractivity contribution in [2.45, 2.75) is 37.6 Å². The second kappa shape index (κ2) is 8.79. The van der Waals surface area contributed by atoms with Gasteiger partial charge in [-0.1, -0.05) is 23.9 Å². The molecule has 1 amide bonds. The van der Waals surface area contributed by atoms with Gasteiger partial charge >= 0.3 is 0 Å². The lowest BCUT2D eigenvalue weighted by atomic mass is 9.92. The van der Waals surface area contributed by atoms with E-state index in [1.165, 1.54) is 23.9 Å². The van der Waals surface area contributed by atoms with E-state index in [4.69, 9.17) is 9.47 Å². The average molecular weight is 457 g/mol. The van der Waals surface area contributed by atoms with E-state index in [1.54, 1.807) is 26.4 Å². The normalized spacial score (nSPS) is 22.8. The summed E-state index contributed by atoms with van der Waals surface area (Å²) in [5.74, 6) is 1.07. The number of thioether (sulfide) groups is 1. The van der Waals surface area contributed by atoms with Crippen LogP contribution in [0.1, 0.15) is 36.6 Å². The monoisotopic (exact) mass is 456 g/mol. The number of rotatable bonds is 4. The first-order valence-electron chi connectivity index (χ1n) is 10.2. The molecule has 0 aromatic heterocycles. The predicted molar refractivity (Wildman–Crippen MR) is 122 cm³/mol. The van der Waals surface area contributed by atoms with Gasteiger partial charge in [0.25, 0.3) is 11.6 Å². The Labute approximate surface area is 189 Å². The number of amides is 1. The quantitative estimate of drug-likeness (QED) is 0.551. The first kappa shape index (κ1) is 22.1. The second-order valence-electron chi connectivity index (χ2n) is 7.73. The third-order valence-electron chi connectivity index (χ3n) is 5.66. The zero-order chi connectivity index (χ0) is 23.0. The van der Waals surface area contributed by atoms with Gasteiger partial charge in [0, 0.05) is 18.2 Å². The van der Waals surface area contributed by atoms with Crippen molar-refractivity contribution >= 4 is 28.5 Å². The lowest BCUT2D eigenvalue weighted by Crippen LogP contribution is -2.47. The van der Waals surface area contributed by atoms with Gasteiger partial charge in [0.1, 0.15) is 0 Å². The van der Waals surface area contributed by atoms with Gasteiger partial charge in [-0.3, -0.25) is 19.9 Å². The summed E-state index contributed by atoms with van der Waals surface area (Å²) in [4.78, 5) is 27.1. The predicted octanol–water partition coefficient (Wildman–Crippen LogP) is 3.47. The van der Waals surface area contributed by atoms with E-state index in [0.717, 1.165) is 16.7 Å². The smallest absolute Gasteiger partial charge is 0.269 e. The molecule has 0 saturated heterocycles. The Balaban J connectivity index is 1.82. The summed E-state index contributed by atoms with van der Waals surface area (Å²) in [7, 11) is 3.18. The highest BCUT2D eigenvalue weighted by atomic mass is 32.2. The topological polar surface area (TPSA) is 106 Å². The molecule has 0 spiro atoms. The fourth-order valence-electron chi connectivity index (χ4n) is 3.94. The number of aliphatic imine (C=N–C) groups is 1. The van der Waals surface area contributed by atoms with Crippen LogP contribution in [0.4, 0.5) is 5.69 Å². The van der Waals surface area contributed by atoms with E-state index < -0.39 is 4.92 Å². The number of methoxy groups -OCH3 is 2. The number of nitro groups is 1. The van der Waals surface area contributed by atoms with Crippen molar-refractivity contribution < 1.29 is 19.2 Å². The fraction of sp³-hybridized carbons (Fsp3) is 0.364. The standard InChI is InChI=1S/C22H24N4O5S/c1-12-9-15-10-18(30-3)19(31-4)11-17(15)20(14-5-7-16(8-6-14)26(28)29)24-25(12)22-23-21(27)13(2)32-22/h5-8,10-13,20,24H,9H2,1-4H3/t12-,13?,20+/m0/s1. The van der Waals surface area contributed by atoms with Crippen LogP contribution >= 0.6 is 11.8 Å². The molecule has 0 aliphatic carbocycles. The van der Waals surface area contributed by atoms with Crippen LogP contribution in [0, 0.1) is 10.1 Å². The molecule has 0 fully saturated rings. The van der Waals surface area contributed by atoms with E-state index >= 15 is 0 Å². The maximum atomic E-state index is 12.1. The first-order chi connectivity index (χ1) is 15.3. The van der Waals surface area contributed by atoms with Crippen LogP contribution < -0.4 is 14.9 Å². The van der Waals surface area contributed by atoms with Crippen LogP contribution in [-0.2, 0) is 11.2 Å². The Bertz CT molecular complexity index is 1090. The van der Waals surface area contributed by atoms with Gasteiger partial charge in [-0.05, 0) is 49.1 Å². The minimum Gasteiger partial charge on any atom is -0.493 e. The Hall–Kier alpha value is -3.11. The van der Waals surface area contributed by atoms with Gasteiger partial charge in [-0.2, -0.15) is 4.99 Å². The molecule has 2 heterocycles. The number of carbonyl (C=O) groups is 1. The molecule has 10 heteroatoms. The number of benzene rings is 2. The van der Waals surface area contributed by atoms with Crippen molar-refractivity contribution in [3.8, 4) is 11.5 Å².